The lowest BCUT2D eigenvalue weighted by Crippen LogP contribution is -2.53. The molecule has 0 aromatic heterocycles. The largest absolute Gasteiger partial charge is 0.495 e. The van der Waals surface area contributed by atoms with Crippen LogP contribution < -0.4 is 14.4 Å². The maximum atomic E-state index is 14.6. The van der Waals surface area contributed by atoms with Gasteiger partial charge in [0.2, 0.25) is 11.8 Å². The Hall–Kier alpha value is -3.86. The average Bonchev–Trinajstić information content (AvgIpc) is 3.04. The predicted molar refractivity (Wildman–Crippen MR) is 185 cm³/mol. The van der Waals surface area contributed by atoms with Crippen LogP contribution in [0.4, 0.5) is 5.69 Å². The number of nitrogens with zero attached hydrogens (tertiary/aromatic N) is 2. The third kappa shape index (κ3) is 9.11. The molecule has 0 spiro atoms. The highest BCUT2D eigenvalue weighted by Crippen LogP contribution is 2.35. The zero-order chi connectivity index (χ0) is 33.3. The van der Waals surface area contributed by atoms with E-state index in [1.165, 1.54) is 30.2 Å². The van der Waals surface area contributed by atoms with Crippen LogP contribution in [0.2, 0.25) is 5.02 Å². The number of halogens is 2. The highest BCUT2D eigenvalue weighted by Gasteiger charge is 2.35. The Morgan fingerprint density at radius 2 is 1.54 bits per heavy atom. The Morgan fingerprint density at radius 1 is 0.891 bits per heavy atom. The molecule has 8 nitrogen and oxygen atoms in total. The predicted octanol–water partition coefficient (Wildman–Crippen LogP) is 6.72. The second-order valence-corrected chi connectivity index (χ2v) is 14.4. The van der Waals surface area contributed by atoms with Crippen molar-refractivity contribution in [2.75, 3.05) is 24.5 Å². The van der Waals surface area contributed by atoms with E-state index in [2.05, 4.69) is 21.2 Å². The van der Waals surface area contributed by atoms with Gasteiger partial charge in [-0.3, -0.25) is 13.9 Å². The summed E-state index contributed by atoms with van der Waals surface area (Å²) in [6.07, 6.45) is 0.219. The number of rotatable bonds is 14. The Bertz CT molecular complexity index is 1740. The number of benzene rings is 4. The molecule has 0 radical (unpaired) electrons. The number of carbonyl (C=O) groups is 2. The SMILES string of the molecule is COc1ccc(Cl)cc1N(CC(=O)N(Cc1cccc(Br)c1)C(Cc1ccccc1)C(=O)NCC(C)C)S(=O)(=O)c1ccccc1. The number of anilines is 1. The van der Waals surface area contributed by atoms with Crippen molar-refractivity contribution < 1.29 is 22.7 Å². The van der Waals surface area contributed by atoms with E-state index in [4.69, 9.17) is 16.3 Å². The normalized spacial score (nSPS) is 12.0. The quantitative estimate of drug-likeness (QED) is 0.156. The van der Waals surface area contributed by atoms with E-state index < -0.39 is 28.5 Å². The molecule has 4 aromatic carbocycles. The number of hydrogen-bond acceptors (Lipinski definition) is 5. The molecular formula is C35H37BrClN3O5S. The number of ether oxygens (including phenoxy) is 1. The molecule has 1 unspecified atom stereocenters. The summed E-state index contributed by atoms with van der Waals surface area (Å²) < 4.78 is 35.8. The van der Waals surface area contributed by atoms with Crippen molar-refractivity contribution in [3.8, 4) is 5.75 Å². The van der Waals surface area contributed by atoms with Gasteiger partial charge in [-0.25, -0.2) is 8.42 Å². The van der Waals surface area contributed by atoms with Gasteiger partial charge in [0, 0.05) is 29.0 Å². The highest BCUT2D eigenvalue weighted by atomic mass is 79.9. The third-order valence-electron chi connectivity index (χ3n) is 7.22. The second-order valence-electron chi connectivity index (χ2n) is 11.1. The average molecular weight is 727 g/mol. The molecule has 46 heavy (non-hydrogen) atoms. The van der Waals surface area contributed by atoms with E-state index in [0.29, 0.717) is 6.54 Å². The van der Waals surface area contributed by atoms with Crippen molar-refractivity contribution in [3.05, 3.63) is 124 Å². The Balaban J connectivity index is 1.84. The molecule has 11 heteroatoms. The lowest BCUT2D eigenvalue weighted by molar-refractivity contribution is -0.140. The van der Waals surface area contributed by atoms with Gasteiger partial charge in [0.1, 0.15) is 18.3 Å². The van der Waals surface area contributed by atoms with Gasteiger partial charge in [-0.05, 0) is 59.5 Å². The van der Waals surface area contributed by atoms with Crippen LogP contribution >= 0.6 is 27.5 Å². The number of methoxy groups -OCH3 is 1. The first-order valence-corrected chi connectivity index (χ1v) is 17.4. The number of carbonyl (C=O) groups excluding carboxylic acids is 2. The molecule has 0 saturated carbocycles. The zero-order valence-electron chi connectivity index (χ0n) is 25.9. The van der Waals surface area contributed by atoms with Crippen LogP contribution in [-0.4, -0.2) is 51.4 Å². The first kappa shape index (κ1) is 35.0. The summed E-state index contributed by atoms with van der Waals surface area (Å²) in [4.78, 5) is 29.9. The van der Waals surface area contributed by atoms with Crippen LogP contribution in [0.15, 0.2) is 112 Å². The number of sulfonamides is 1. The molecule has 4 rings (SSSR count). The monoisotopic (exact) mass is 725 g/mol. The Labute approximate surface area is 284 Å². The van der Waals surface area contributed by atoms with Crippen LogP contribution in [0.5, 0.6) is 5.75 Å². The summed E-state index contributed by atoms with van der Waals surface area (Å²) >= 11 is 9.85. The zero-order valence-corrected chi connectivity index (χ0v) is 29.1. The fourth-order valence-electron chi connectivity index (χ4n) is 4.90. The summed E-state index contributed by atoms with van der Waals surface area (Å²) in [5, 5.41) is 3.25. The lowest BCUT2D eigenvalue weighted by Gasteiger charge is -2.34. The Morgan fingerprint density at radius 3 is 2.17 bits per heavy atom. The molecule has 0 heterocycles. The van der Waals surface area contributed by atoms with E-state index in [9.17, 15) is 18.0 Å². The first-order chi connectivity index (χ1) is 22.0. The molecule has 0 aliphatic rings. The number of nitrogens with one attached hydrogen (secondary N) is 1. The number of hydrogen-bond donors (Lipinski definition) is 1. The van der Waals surface area contributed by atoms with E-state index in [1.807, 2.05) is 68.4 Å². The van der Waals surface area contributed by atoms with Crippen molar-refractivity contribution in [2.24, 2.45) is 5.92 Å². The van der Waals surface area contributed by atoms with Gasteiger partial charge in [-0.1, -0.05) is 102 Å². The standard InChI is InChI=1S/C35H37BrClN3O5S/c1-25(2)22-38-35(42)32(20-26-11-6-4-7-12-26)39(23-27-13-10-14-28(36)19-27)34(41)24-40(31-21-29(37)17-18-33(31)45-3)46(43,44)30-15-8-5-9-16-30/h4-19,21,25,32H,20,22-24H2,1-3H3,(H,38,42). The van der Waals surface area contributed by atoms with Crippen molar-refractivity contribution >= 4 is 55.1 Å². The molecule has 0 aliphatic carbocycles. The van der Waals surface area contributed by atoms with Crippen LogP contribution in [0.25, 0.3) is 0 Å². The molecule has 2 amide bonds. The van der Waals surface area contributed by atoms with Crippen LogP contribution in [-0.2, 0) is 32.6 Å². The lowest BCUT2D eigenvalue weighted by atomic mass is 10.0. The van der Waals surface area contributed by atoms with Crippen molar-refractivity contribution in [2.45, 2.75) is 37.8 Å². The van der Waals surface area contributed by atoms with E-state index in [1.54, 1.807) is 30.3 Å². The summed E-state index contributed by atoms with van der Waals surface area (Å²) in [6.45, 7) is 3.82. The third-order valence-corrected chi connectivity index (χ3v) is 9.72. The molecule has 0 bridgehead atoms. The molecule has 0 saturated heterocycles. The van der Waals surface area contributed by atoms with Gasteiger partial charge in [0.25, 0.3) is 10.0 Å². The van der Waals surface area contributed by atoms with Crippen molar-refractivity contribution in [3.63, 3.8) is 0 Å². The first-order valence-electron chi connectivity index (χ1n) is 14.8. The fourth-order valence-corrected chi connectivity index (χ4v) is 6.95. The summed E-state index contributed by atoms with van der Waals surface area (Å²) in [6, 6.07) is 28.3. The second kappa shape index (κ2) is 16.1. The van der Waals surface area contributed by atoms with E-state index in [-0.39, 0.29) is 46.1 Å². The minimum Gasteiger partial charge on any atom is -0.495 e. The van der Waals surface area contributed by atoms with Gasteiger partial charge < -0.3 is 15.0 Å². The van der Waals surface area contributed by atoms with Gasteiger partial charge in [0.05, 0.1) is 17.7 Å². The summed E-state index contributed by atoms with van der Waals surface area (Å²) in [5.74, 6) is -0.524. The molecule has 242 valence electrons. The molecule has 1 N–H and O–H groups in total. The molecule has 0 aliphatic heterocycles. The summed E-state index contributed by atoms with van der Waals surface area (Å²) in [5.41, 5.74) is 1.71. The molecule has 1 atom stereocenters. The van der Waals surface area contributed by atoms with Crippen molar-refractivity contribution in [1.82, 2.24) is 10.2 Å². The van der Waals surface area contributed by atoms with Gasteiger partial charge in [-0.2, -0.15) is 0 Å². The molecular weight excluding hydrogens is 690 g/mol. The number of amides is 2. The van der Waals surface area contributed by atoms with Crippen molar-refractivity contribution in [1.29, 1.82) is 0 Å². The fraction of sp³-hybridized carbons (Fsp3) is 0.257. The Kier molecular flexibility index (Phi) is 12.3. The van der Waals surface area contributed by atoms with Gasteiger partial charge >= 0.3 is 0 Å². The van der Waals surface area contributed by atoms with Gasteiger partial charge in [0.15, 0.2) is 0 Å². The topological polar surface area (TPSA) is 96.0 Å². The van der Waals surface area contributed by atoms with E-state index in [0.717, 1.165) is 19.9 Å². The van der Waals surface area contributed by atoms with Crippen LogP contribution in [0, 0.1) is 5.92 Å². The summed E-state index contributed by atoms with van der Waals surface area (Å²) in [7, 11) is -2.89. The molecule has 4 aromatic rings. The maximum absolute atomic E-state index is 14.6. The van der Waals surface area contributed by atoms with E-state index >= 15 is 0 Å². The maximum Gasteiger partial charge on any atom is 0.264 e. The molecule has 0 fully saturated rings. The van der Waals surface area contributed by atoms with Crippen LogP contribution in [0.3, 0.4) is 0 Å². The minimum absolute atomic E-state index is 0.0149. The van der Waals surface area contributed by atoms with Gasteiger partial charge in [-0.15, -0.1) is 0 Å². The highest BCUT2D eigenvalue weighted by molar-refractivity contribution is 9.10. The van der Waals surface area contributed by atoms with Crippen LogP contribution in [0.1, 0.15) is 25.0 Å². The minimum atomic E-state index is -4.30. The smallest absolute Gasteiger partial charge is 0.264 e.